The normalized spacial score (nSPS) is 9.62. The minimum atomic E-state index is -0.574. The number of nitrogens with two attached hydrogens (primary N) is 1. The Morgan fingerprint density at radius 1 is 1.69 bits per heavy atom. The van der Waals surface area contributed by atoms with Crippen LogP contribution in [0.1, 0.15) is 10.5 Å². The van der Waals surface area contributed by atoms with Crippen molar-refractivity contribution in [1.29, 1.82) is 0 Å². The van der Waals surface area contributed by atoms with Crippen molar-refractivity contribution in [2.45, 2.75) is 0 Å². The van der Waals surface area contributed by atoms with Crippen LogP contribution in [0.25, 0.3) is 0 Å². The molecule has 1 aromatic heterocycles. The second-order valence-electron chi connectivity index (χ2n) is 2.49. The van der Waals surface area contributed by atoms with Gasteiger partial charge >= 0.3 is 0 Å². The van der Waals surface area contributed by atoms with Gasteiger partial charge in [-0.25, -0.2) is 0 Å². The number of nitrogens with one attached hydrogen (secondary N) is 1. The lowest BCUT2D eigenvalue weighted by molar-refractivity contribution is -0.117. The predicted molar refractivity (Wildman–Crippen MR) is 44.7 cm³/mol. The molecule has 0 atom stereocenters. The maximum atomic E-state index is 11.3. The Morgan fingerprint density at radius 3 is 2.85 bits per heavy atom. The number of aromatic nitrogens is 2. The van der Waals surface area contributed by atoms with Crippen LogP contribution in [0.3, 0.4) is 0 Å². The maximum absolute atomic E-state index is 11.3. The molecule has 0 saturated carbocycles. The van der Waals surface area contributed by atoms with E-state index in [1.165, 1.54) is 10.9 Å². The molecule has 6 heteroatoms. The van der Waals surface area contributed by atoms with Gasteiger partial charge in [-0.2, -0.15) is 5.10 Å². The van der Waals surface area contributed by atoms with E-state index in [0.29, 0.717) is 5.69 Å². The third-order valence-corrected chi connectivity index (χ3v) is 1.48. The molecule has 1 aromatic rings. The molecule has 0 saturated heterocycles. The number of nitrogens with zero attached hydrogens (tertiary/aromatic N) is 2. The molecule has 0 fully saturated rings. The molecular weight excluding hydrogens is 172 g/mol. The Hall–Kier alpha value is -1.85. The minimum Gasteiger partial charge on any atom is -0.368 e. The molecule has 2 amide bonds. The summed E-state index contributed by atoms with van der Waals surface area (Å²) in [5.74, 6) is -0.936. The van der Waals surface area contributed by atoms with Gasteiger partial charge < -0.3 is 11.1 Å². The van der Waals surface area contributed by atoms with Crippen molar-refractivity contribution in [3.05, 3.63) is 18.0 Å². The van der Waals surface area contributed by atoms with Gasteiger partial charge in [0.15, 0.2) is 0 Å². The number of carbonyl (C=O) groups excluding carboxylic acids is 2. The Labute approximate surface area is 74.7 Å². The van der Waals surface area contributed by atoms with Gasteiger partial charge in [-0.15, -0.1) is 0 Å². The summed E-state index contributed by atoms with van der Waals surface area (Å²) in [4.78, 5) is 21.6. The fourth-order valence-electron chi connectivity index (χ4n) is 0.855. The first-order valence-corrected chi connectivity index (χ1v) is 3.66. The van der Waals surface area contributed by atoms with Gasteiger partial charge in [0.2, 0.25) is 5.91 Å². The van der Waals surface area contributed by atoms with E-state index in [4.69, 9.17) is 5.73 Å². The summed E-state index contributed by atoms with van der Waals surface area (Å²) in [5.41, 5.74) is 5.25. The summed E-state index contributed by atoms with van der Waals surface area (Å²) in [6, 6.07) is 1.55. The molecule has 0 unspecified atom stereocenters. The summed E-state index contributed by atoms with van der Waals surface area (Å²) in [6.07, 6.45) is 1.50. The minimum absolute atomic E-state index is 0.163. The molecule has 0 bridgehead atoms. The van der Waals surface area contributed by atoms with Crippen molar-refractivity contribution < 1.29 is 9.59 Å². The average molecular weight is 182 g/mol. The number of hydrogen-bond donors (Lipinski definition) is 2. The van der Waals surface area contributed by atoms with Gasteiger partial charge in [0, 0.05) is 13.2 Å². The van der Waals surface area contributed by atoms with Crippen molar-refractivity contribution in [2.24, 2.45) is 12.8 Å². The van der Waals surface area contributed by atoms with Crippen molar-refractivity contribution in [1.82, 2.24) is 15.1 Å². The number of primary amides is 1. The second kappa shape index (κ2) is 3.70. The molecule has 0 aliphatic rings. The van der Waals surface area contributed by atoms with E-state index in [-0.39, 0.29) is 12.5 Å². The highest BCUT2D eigenvalue weighted by Gasteiger charge is 2.09. The van der Waals surface area contributed by atoms with E-state index >= 15 is 0 Å². The molecule has 0 radical (unpaired) electrons. The van der Waals surface area contributed by atoms with E-state index in [1.807, 2.05) is 0 Å². The lowest BCUT2D eigenvalue weighted by Gasteiger charge is -2.01. The molecular formula is C7H10N4O2. The Morgan fingerprint density at radius 2 is 2.38 bits per heavy atom. The van der Waals surface area contributed by atoms with Crippen molar-refractivity contribution in [3.63, 3.8) is 0 Å². The Bertz CT molecular complexity index is 331. The summed E-state index contributed by atoms with van der Waals surface area (Å²) < 4.78 is 1.41. The van der Waals surface area contributed by atoms with Crippen molar-refractivity contribution in [2.75, 3.05) is 6.54 Å². The third-order valence-electron chi connectivity index (χ3n) is 1.48. The van der Waals surface area contributed by atoms with Crippen LogP contribution >= 0.6 is 0 Å². The van der Waals surface area contributed by atoms with Crippen LogP contribution in [-0.2, 0) is 11.8 Å². The molecule has 0 aromatic carbocycles. The number of amides is 2. The fourth-order valence-corrected chi connectivity index (χ4v) is 0.855. The van der Waals surface area contributed by atoms with Crippen LogP contribution in [0.4, 0.5) is 0 Å². The maximum Gasteiger partial charge on any atom is 0.269 e. The topological polar surface area (TPSA) is 90.0 Å². The quantitative estimate of drug-likeness (QED) is 0.604. The summed E-state index contributed by atoms with van der Waals surface area (Å²) in [6.45, 7) is -0.163. The molecule has 0 aliphatic carbocycles. The summed E-state index contributed by atoms with van der Waals surface area (Å²) in [7, 11) is 1.64. The van der Waals surface area contributed by atoms with Gasteiger partial charge in [-0.1, -0.05) is 0 Å². The zero-order valence-electron chi connectivity index (χ0n) is 7.15. The Kier molecular flexibility index (Phi) is 2.63. The first-order valence-electron chi connectivity index (χ1n) is 3.66. The monoisotopic (exact) mass is 182 g/mol. The largest absolute Gasteiger partial charge is 0.368 e. The van der Waals surface area contributed by atoms with Gasteiger partial charge in [-0.3, -0.25) is 14.3 Å². The zero-order valence-corrected chi connectivity index (χ0v) is 7.15. The molecule has 1 heterocycles. The van der Waals surface area contributed by atoms with Gasteiger partial charge in [-0.05, 0) is 6.07 Å². The molecule has 1 rings (SSSR count). The number of aryl methyl sites for hydroxylation is 1. The fraction of sp³-hybridized carbons (Fsp3) is 0.286. The third kappa shape index (κ3) is 2.29. The molecule has 70 valence electrons. The van der Waals surface area contributed by atoms with Crippen molar-refractivity contribution >= 4 is 11.8 Å². The van der Waals surface area contributed by atoms with Crippen LogP contribution < -0.4 is 11.1 Å². The average Bonchev–Trinajstić information content (AvgIpc) is 2.47. The van der Waals surface area contributed by atoms with Crippen LogP contribution in [-0.4, -0.2) is 28.1 Å². The zero-order chi connectivity index (χ0) is 9.84. The highest BCUT2D eigenvalue weighted by Crippen LogP contribution is 1.94. The smallest absolute Gasteiger partial charge is 0.269 e. The first-order chi connectivity index (χ1) is 6.11. The molecule has 0 aliphatic heterocycles. The number of carbonyl (C=O) groups is 2. The lowest BCUT2D eigenvalue weighted by atomic mass is 10.4. The standard InChI is InChI=1S/C7H10N4O2/c1-11-5(2-3-10-11)7(13)9-4-6(8)12/h2-3H,4H2,1H3,(H2,8,12)(H,9,13). The van der Waals surface area contributed by atoms with E-state index in [2.05, 4.69) is 10.4 Å². The predicted octanol–water partition coefficient (Wildman–Crippen LogP) is -1.36. The second-order valence-corrected chi connectivity index (χ2v) is 2.49. The van der Waals surface area contributed by atoms with Crippen LogP contribution in [0.5, 0.6) is 0 Å². The van der Waals surface area contributed by atoms with E-state index in [1.54, 1.807) is 13.1 Å². The Balaban J connectivity index is 2.59. The number of rotatable bonds is 3. The van der Waals surface area contributed by atoms with Gasteiger partial charge in [0.25, 0.3) is 5.91 Å². The summed E-state index contributed by atoms with van der Waals surface area (Å²) >= 11 is 0. The number of hydrogen-bond acceptors (Lipinski definition) is 3. The highest BCUT2D eigenvalue weighted by atomic mass is 16.2. The van der Waals surface area contributed by atoms with Crippen LogP contribution in [0.15, 0.2) is 12.3 Å². The van der Waals surface area contributed by atoms with E-state index in [9.17, 15) is 9.59 Å². The van der Waals surface area contributed by atoms with Crippen LogP contribution in [0.2, 0.25) is 0 Å². The van der Waals surface area contributed by atoms with Crippen molar-refractivity contribution in [3.8, 4) is 0 Å². The molecule has 3 N–H and O–H groups in total. The SMILES string of the molecule is Cn1nccc1C(=O)NCC(N)=O. The molecule has 13 heavy (non-hydrogen) atoms. The van der Waals surface area contributed by atoms with Gasteiger partial charge in [0.1, 0.15) is 5.69 Å². The van der Waals surface area contributed by atoms with E-state index < -0.39 is 5.91 Å². The first kappa shape index (κ1) is 9.24. The summed E-state index contributed by atoms with van der Waals surface area (Å²) in [5, 5.41) is 6.16. The lowest BCUT2D eigenvalue weighted by Crippen LogP contribution is -2.34. The molecule has 0 spiro atoms. The van der Waals surface area contributed by atoms with Crippen LogP contribution in [0, 0.1) is 0 Å². The highest BCUT2D eigenvalue weighted by molar-refractivity contribution is 5.94. The van der Waals surface area contributed by atoms with E-state index in [0.717, 1.165) is 0 Å². The van der Waals surface area contributed by atoms with Gasteiger partial charge in [0.05, 0.1) is 6.54 Å². The molecule has 6 nitrogen and oxygen atoms in total.